The largest absolute Gasteiger partial charge is 0.492 e. The molecule has 1 aliphatic heterocycles. The van der Waals surface area contributed by atoms with Gasteiger partial charge in [0.25, 0.3) is 0 Å². The second kappa shape index (κ2) is 4.71. The minimum Gasteiger partial charge on any atom is -0.492 e. The predicted molar refractivity (Wildman–Crippen MR) is 77.4 cm³/mol. The van der Waals surface area contributed by atoms with Crippen LogP contribution in [0.4, 0.5) is 0 Å². The summed E-state index contributed by atoms with van der Waals surface area (Å²) in [6.07, 6.45) is 0. The second-order valence-corrected chi connectivity index (χ2v) is 5.26. The predicted octanol–water partition coefficient (Wildman–Crippen LogP) is 2.96. The van der Waals surface area contributed by atoms with Gasteiger partial charge in [0.1, 0.15) is 12.4 Å². The van der Waals surface area contributed by atoms with E-state index in [0.29, 0.717) is 19.1 Å². The molecular weight excluding hydrogens is 234 g/mol. The van der Waals surface area contributed by atoms with Crippen LogP contribution in [-0.4, -0.2) is 13.2 Å². The third kappa shape index (κ3) is 1.75. The van der Waals surface area contributed by atoms with Crippen LogP contribution in [-0.2, 0) is 5.41 Å². The van der Waals surface area contributed by atoms with Gasteiger partial charge in [-0.25, -0.2) is 0 Å². The maximum Gasteiger partial charge on any atom is 0.123 e. The third-order valence-corrected chi connectivity index (χ3v) is 4.31. The van der Waals surface area contributed by atoms with Gasteiger partial charge in [-0.2, -0.15) is 0 Å². The van der Waals surface area contributed by atoms with Crippen molar-refractivity contribution in [1.29, 1.82) is 0 Å². The number of para-hydroxylation sites is 1. The molecule has 0 saturated carbocycles. The maximum atomic E-state index is 5.98. The molecule has 2 aromatic rings. The minimum atomic E-state index is -0.118. The molecule has 2 atom stereocenters. The van der Waals surface area contributed by atoms with E-state index in [9.17, 15) is 0 Å². The molecule has 0 spiro atoms. The monoisotopic (exact) mass is 253 g/mol. The number of fused-ring (bicyclic) bond motifs is 1. The Morgan fingerprint density at radius 1 is 1.11 bits per heavy atom. The lowest BCUT2D eigenvalue weighted by Gasteiger charge is -2.34. The van der Waals surface area contributed by atoms with Gasteiger partial charge in [-0.05, 0) is 24.1 Å². The normalized spacial score (nSPS) is 22.6. The zero-order valence-electron chi connectivity index (χ0n) is 11.2. The van der Waals surface area contributed by atoms with E-state index < -0.39 is 0 Å². The van der Waals surface area contributed by atoms with Gasteiger partial charge in [-0.1, -0.05) is 55.5 Å². The Bertz CT molecular complexity index is 566. The van der Waals surface area contributed by atoms with Crippen LogP contribution in [0.3, 0.4) is 0 Å². The van der Waals surface area contributed by atoms with Crippen molar-refractivity contribution in [3.8, 4) is 5.75 Å². The summed E-state index contributed by atoms with van der Waals surface area (Å²) in [5.41, 5.74) is 8.41. The topological polar surface area (TPSA) is 35.2 Å². The maximum absolute atomic E-state index is 5.98. The first-order chi connectivity index (χ1) is 9.29. The van der Waals surface area contributed by atoms with Crippen molar-refractivity contribution in [2.75, 3.05) is 13.2 Å². The smallest absolute Gasteiger partial charge is 0.123 e. The summed E-state index contributed by atoms with van der Waals surface area (Å²) in [4.78, 5) is 0. The molecule has 2 N–H and O–H groups in total. The molecule has 2 heteroatoms. The van der Waals surface area contributed by atoms with E-state index in [2.05, 4.69) is 43.3 Å². The highest BCUT2D eigenvalue weighted by Gasteiger charge is 2.45. The van der Waals surface area contributed by atoms with Gasteiger partial charge < -0.3 is 10.5 Å². The average Bonchev–Trinajstić information content (AvgIpc) is 2.88. The molecule has 0 amide bonds. The Labute approximate surface area is 114 Å². The zero-order valence-corrected chi connectivity index (χ0v) is 11.2. The van der Waals surface area contributed by atoms with Crippen LogP contribution in [0.5, 0.6) is 5.75 Å². The summed E-state index contributed by atoms with van der Waals surface area (Å²) in [6.45, 7) is 3.53. The summed E-state index contributed by atoms with van der Waals surface area (Å²) < 4.78 is 5.94. The van der Waals surface area contributed by atoms with Crippen molar-refractivity contribution in [3.05, 3.63) is 65.7 Å². The molecule has 1 heterocycles. The molecule has 0 radical (unpaired) electrons. The minimum absolute atomic E-state index is 0.118. The molecule has 98 valence electrons. The Balaban J connectivity index is 2.21. The highest BCUT2D eigenvalue weighted by atomic mass is 16.5. The third-order valence-electron chi connectivity index (χ3n) is 4.31. The Morgan fingerprint density at radius 3 is 2.53 bits per heavy atom. The van der Waals surface area contributed by atoms with Crippen LogP contribution < -0.4 is 10.5 Å². The first-order valence-corrected chi connectivity index (χ1v) is 6.77. The fourth-order valence-corrected chi connectivity index (χ4v) is 3.10. The summed E-state index contributed by atoms with van der Waals surface area (Å²) >= 11 is 0. The molecule has 0 fully saturated rings. The molecule has 0 bridgehead atoms. The second-order valence-electron chi connectivity index (χ2n) is 5.26. The van der Waals surface area contributed by atoms with Crippen LogP contribution in [0.25, 0.3) is 0 Å². The lowest BCUT2D eigenvalue weighted by Crippen LogP contribution is -2.40. The van der Waals surface area contributed by atoms with Gasteiger partial charge in [0.15, 0.2) is 0 Å². The fourth-order valence-electron chi connectivity index (χ4n) is 3.10. The Morgan fingerprint density at radius 2 is 1.79 bits per heavy atom. The first kappa shape index (κ1) is 12.2. The first-order valence-electron chi connectivity index (χ1n) is 6.77. The number of benzene rings is 2. The number of rotatable bonds is 3. The molecule has 19 heavy (non-hydrogen) atoms. The molecule has 0 aromatic heterocycles. The highest BCUT2D eigenvalue weighted by Crippen LogP contribution is 2.47. The van der Waals surface area contributed by atoms with Crippen LogP contribution in [0.15, 0.2) is 54.6 Å². The standard InChI is InChI=1S/C17H19NO/c1-13(11-18)17(14-7-3-2-4-8-14)12-19-16-10-6-5-9-15(16)17/h2-10,13H,11-12,18H2,1H3. The van der Waals surface area contributed by atoms with Gasteiger partial charge in [-0.3, -0.25) is 0 Å². The van der Waals surface area contributed by atoms with Gasteiger partial charge in [0, 0.05) is 5.56 Å². The van der Waals surface area contributed by atoms with E-state index in [-0.39, 0.29) is 5.41 Å². The van der Waals surface area contributed by atoms with Gasteiger partial charge in [0.05, 0.1) is 5.41 Å². The molecule has 0 aliphatic carbocycles. The summed E-state index contributed by atoms with van der Waals surface area (Å²) in [6, 6.07) is 18.9. The van der Waals surface area contributed by atoms with E-state index in [1.165, 1.54) is 11.1 Å². The molecular formula is C17H19NO. The molecule has 0 saturated heterocycles. The van der Waals surface area contributed by atoms with Crippen LogP contribution in [0.1, 0.15) is 18.1 Å². The Hall–Kier alpha value is -1.80. The molecule has 2 nitrogen and oxygen atoms in total. The van der Waals surface area contributed by atoms with E-state index in [4.69, 9.17) is 10.5 Å². The van der Waals surface area contributed by atoms with Crippen molar-refractivity contribution < 1.29 is 4.74 Å². The number of ether oxygens (including phenoxy) is 1. The van der Waals surface area contributed by atoms with Crippen molar-refractivity contribution in [3.63, 3.8) is 0 Å². The van der Waals surface area contributed by atoms with Gasteiger partial charge in [-0.15, -0.1) is 0 Å². The van der Waals surface area contributed by atoms with Crippen LogP contribution in [0.2, 0.25) is 0 Å². The SMILES string of the molecule is CC(CN)C1(c2ccccc2)COc2ccccc21. The van der Waals surface area contributed by atoms with E-state index in [0.717, 1.165) is 5.75 Å². The van der Waals surface area contributed by atoms with Crippen molar-refractivity contribution >= 4 is 0 Å². The van der Waals surface area contributed by atoms with Crippen LogP contribution in [0, 0.1) is 5.92 Å². The summed E-state index contributed by atoms with van der Waals surface area (Å²) in [5, 5.41) is 0. The van der Waals surface area contributed by atoms with E-state index in [1.807, 2.05) is 18.2 Å². The lowest BCUT2D eigenvalue weighted by molar-refractivity contribution is 0.242. The van der Waals surface area contributed by atoms with Gasteiger partial charge in [0.2, 0.25) is 0 Å². The Kier molecular flexibility index (Phi) is 3.03. The molecule has 3 rings (SSSR count). The average molecular weight is 253 g/mol. The van der Waals surface area contributed by atoms with Crippen LogP contribution >= 0.6 is 0 Å². The number of hydrogen-bond donors (Lipinski definition) is 1. The molecule has 2 aromatic carbocycles. The fraction of sp³-hybridized carbons (Fsp3) is 0.294. The lowest BCUT2D eigenvalue weighted by atomic mass is 9.67. The van der Waals surface area contributed by atoms with Crippen molar-refractivity contribution in [2.24, 2.45) is 11.7 Å². The number of hydrogen-bond acceptors (Lipinski definition) is 2. The summed E-state index contributed by atoms with van der Waals surface area (Å²) in [7, 11) is 0. The van der Waals surface area contributed by atoms with Crippen molar-refractivity contribution in [2.45, 2.75) is 12.3 Å². The molecule has 2 unspecified atom stereocenters. The van der Waals surface area contributed by atoms with E-state index in [1.54, 1.807) is 0 Å². The van der Waals surface area contributed by atoms with Gasteiger partial charge >= 0.3 is 0 Å². The molecule has 1 aliphatic rings. The zero-order chi connectivity index (χ0) is 13.3. The highest BCUT2D eigenvalue weighted by molar-refractivity contribution is 5.51. The summed E-state index contributed by atoms with van der Waals surface area (Å²) in [5.74, 6) is 1.32. The number of nitrogens with two attached hydrogens (primary N) is 1. The quantitative estimate of drug-likeness (QED) is 0.912. The van der Waals surface area contributed by atoms with E-state index >= 15 is 0 Å². The van der Waals surface area contributed by atoms with Crippen molar-refractivity contribution in [1.82, 2.24) is 0 Å².